The van der Waals surface area contributed by atoms with Crippen LogP contribution < -0.4 is 4.74 Å². The van der Waals surface area contributed by atoms with E-state index >= 15 is 0 Å². The monoisotopic (exact) mass is 177 g/mol. The van der Waals surface area contributed by atoms with E-state index in [9.17, 15) is 0 Å². The first kappa shape index (κ1) is 10.1. The Morgan fingerprint density at radius 3 is 2.31 bits per heavy atom. The summed E-state index contributed by atoms with van der Waals surface area (Å²) in [4.78, 5) is 0. The fourth-order valence-electron chi connectivity index (χ4n) is 1.21. The van der Waals surface area contributed by atoms with Crippen LogP contribution in [0.25, 0.3) is 0 Å². The largest absolute Gasteiger partial charge is 0.488 e. The summed E-state index contributed by atoms with van der Waals surface area (Å²) in [6.45, 7) is 11.9. The van der Waals surface area contributed by atoms with E-state index in [1.807, 2.05) is 32.9 Å². The lowest BCUT2D eigenvalue weighted by Gasteiger charge is -2.22. The minimum Gasteiger partial charge on any atom is -0.488 e. The van der Waals surface area contributed by atoms with Gasteiger partial charge >= 0.3 is 0 Å². The summed E-state index contributed by atoms with van der Waals surface area (Å²) in [5.41, 5.74) is 2.06. The molecular weight excluding hydrogens is 160 g/mol. The average Bonchev–Trinajstić information content (AvgIpc) is 1.93. The van der Waals surface area contributed by atoms with Crippen LogP contribution in [-0.2, 0) is 0 Å². The minimum absolute atomic E-state index is 0.361. The summed E-state index contributed by atoms with van der Waals surface area (Å²) >= 11 is 0. The van der Waals surface area contributed by atoms with Crippen LogP contribution in [0.4, 0.5) is 0 Å². The molecule has 1 nitrogen and oxygen atoms in total. The highest BCUT2D eigenvalue weighted by molar-refractivity contribution is 5.36. The van der Waals surface area contributed by atoms with Crippen LogP contribution >= 0.6 is 0 Å². The molecular formula is C12H17O. The first-order valence-corrected chi connectivity index (χ1v) is 4.50. The lowest BCUT2D eigenvalue weighted by atomic mass is 10.1. The van der Waals surface area contributed by atoms with E-state index in [2.05, 4.69) is 19.9 Å². The molecule has 1 aromatic carbocycles. The van der Waals surface area contributed by atoms with Gasteiger partial charge in [-0.3, -0.25) is 0 Å². The predicted octanol–water partition coefficient (Wildman–Crippen LogP) is 3.29. The summed E-state index contributed by atoms with van der Waals surface area (Å²) in [6, 6.07) is 6.16. The van der Waals surface area contributed by atoms with Crippen molar-refractivity contribution in [2.24, 2.45) is 0 Å². The van der Waals surface area contributed by atoms with E-state index in [4.69, 9.17) is 4.74 Å². The molecule has 0 spiro atoms. The minimum atomic E-state index is -0.361. The third-order valence-corrected chi connectivity index (χ3v) is 1.72. The topological polar surface area (TPSA) is 9.23 Å². The maximum Gasteiger partial charge on any atom is 0.123 e. The molecule has 0 fully saturated rings. The van der Waals surface area contributed by atoms with Gasteiger partial charge in [0.25, 0.3) is 0 Å². The molecule has 0 unspecified atom stereocenters. The van der Waals surface area contributed by atoms with Crippen molar-refractivity contribution >= 4 is 0 Å². The van der Waals surface area contributed by atoms with Crippen LogP contribution in [0.3, 0.4) is 0 Å². The van der Waals surface area contributed by atoms with Crippen molar-refractivity contribution in [3.05, 3.63) is 36.2 Å². The van der Waals surface area contributed by atoms with Gasteiger partial charge in [-0.1, -0.05) is 17.7 Å². The van der Waals surface area contributed by atoms with E-state index < -0.39 is 0 Å². The summed E-state index contributed by atoms with van der Waals surface area (Å²) in [5, 5.41) is 0. The number of ether oxygens (including phenoxy) is 1. The second-order valence-electron chi connectivity index (χ2n) is 4.13. The van der Waals surface area contributed by atoms with E-state index in [0.29, 0.717) is 0 Å². The van der Waals surface area contributed by atoms with Gasteiger partial charge in [-0.15, -0.1) is 0 Å². The third-order valence-electron chi connectivity index (χ3n) is 1.72. The Balaban J connectivity index is 2.90. The molecule has 0 aliphatic rings. The average molecular weight is 177 g/mol. The Labute approximate surface area is 80.7 Å². The molecule has 71 valence electrons. The molecule has 1 rings (SSSR count). The molecule has 0 aliphatic heterocycles. The van der Waals surface area contributed by atoms with Gasteiger partial charge in [-0.25, -0.2) is 0 Å². The lowest BCUT2D eigenvalue weighted by Crippen LogP contribution is -2.23. The van der Waals surface area contributed by atoms with Gasteiger partial charge in [-0.05, 0) is 46.2 Å². The molecule has 0 bridgehead atoms. The van der Waals surface area contributed by atoms with Gasteiger partial charge < -0.3 is 4.74 Å². The van der Waals surface area contributed by atoms with Crippen molar-refractivity contribution in [2.45, 2.75) is 33.3 Å². The third kappa shape index (κ3) is 3.10. The molecule has 1 radical (unpaired) electrons. The molecule has 0 amide bonds. The van der Waals surface area contributed by atoms with Crippen LogP contribution in [0.5, 0.6) is 5.75 Å². The lowest BCUT2D eigenvalue weighted by molar-refractivity contribution is 0.158. The number of hydrogen-bond donors (Lipinski definition) is 0. The van der Waals surface area contributed by atoms with Gasteiger partial charge in [0.05, 0.1) is 0 Å². The summed E-state index contributed by atoms with van der Waals surface area (Å²) in [5.74, 6) is 0.922. The Hall–Kier alpha value is -0.980. The SMILES string of the molecule is [CH2]C(C)(C)Oc1ccc(C)cc1C. The molecule has 1 aromatic rings. The number of aryl methyl sites for hydroxylation is 2. The fraction of sp³-hybridized carbons (Fsp3) is 0.417. The number of rotatable bonds is 2. The zero-order chi connectivity index (χ0) is 10.1. The van der Waals surface area contributed by atoms with Gasteiger partial charge in [0.2, 0.25) is 0 Å². The normalized spacial score (nSPS) is 11.5. The predicted molar refractivity (Wildman–Crippen MR) is 56.0 cm³/mol. The summed E-state index contributed by atoms with van der Waals surface area (Å²) < 4.78 is 5.68. The van der Waals surface area contributed by atoms with Gasteiger partial charge in [0.1, 0.15) is 11.4 Å². The van der Waals surface area contributed by atoms with Crippen LogP contribution in [0.1, 0.15) is 25.0 Å². The highest BCUT2D eigenvalue weighted by atomic mass is 16.5. The Morgan fingerprint density at radius 1 is 1.23 bits per heavy atom. The van der Waals surface area contributed by atoms with Crippen molar-refractivity contribution in [3.8, 4) is 5.75 Å². The maximum absolute atomic E-state index is 5.68. The van der Waals surface area contributed by atoms with Crippen molar-refractivity contribution < 1.29 is 4.74 Å². The summed E-state index contributed by atoms with van der Waals surface area (Å²) in [7, 11) is 0. The highest BCUT2D eigenvalue weighted by Crippen LogP contribution is 2.22. The molecule has 0 atom stereocenters. The standard InChI is InChI=1S/C12H17O/c1-9-6-7-11(10(2)8-9)13-12(3,4)5/h6-8H,3H2,1-2,4-5H3. The fourth-order valence-corrected chi connectivity index (χ4v) is 1.21. The van der Waals surface area contributed by atoms with Crippen molar-refractivity contribution in [1.29, 1.82) is 0 Å². The van der Waals surface area contributed by atoms with Crippen LogP contribution in [0, 0.1) is 20.8 Å². The van der Waals surface area contributed by atoms with Crippen molar-refractivity contribution in [2.75, 3.05) is 0 Å². The number of benzene rings is 1. The molecule has 0 N–H and O–H groups in total. The Morgan fingerprint density at radius 2 is 1.85 bits per heavy atom. The zero-order valence-electron chi connectivity index (χ0n) is 8.85. The zero-order valence-corrected chi connectivity index (χ0v) is 8.85. The highest BCUT2D eigenvalue weighted by Gasteiger charge is 2.12. The van der Waals surface area contributed by atoms with E-state index in [1.54, 1.807) is 0 Å². The first-order chi connectivity index (χ1) is 5.88. The molecule has 0 saturated heterocycles. The van der Waals surface area contributed by atoms with Crippen LogP contribution in [0.15, 0.2) is 18.2 Å². The quantitative estimate of drug-likeness (QED) is 0.673. The van der Waals surface area contributed by atoms with Crippen molar-refractivity contribution in [1.82, 2.24) is 0 Å². The summed E-state index contributed by atoms with van der Waals surface area (Å²) in [6.07, 6.45) is 0. The van der Waals surface area contributed by atoms with Crippen molar-refractivity contribution in [3.63, 3.8) is 0 Å². The Bertz CT molecular complexity index is 294. The van der Waals surface area contributed by atoms with E-state index in [0.717, 1.165) is 11.3 Å². The van der Waals surface area contributed by atoms with E-state index in [1.165, 1.54) is 5.56 Å². The first-order valence-electron chi connectivity index (χ1n) is 4.50. The van der Waals surface area contributed by atoms with Gasteiger partial charge in [0.15, 0.2) is 0 Å². The molecule has 1 heteroatoms. The molecule has 0 aromatic heterocycles. The maximum atomic E-state index is 5.68. The van der Waals surface area contributed by atoms with Crippen LogP contribution in [0.2, 0.25) is 0 Å². The second-order valence-corrected chi connectivity index (χ2v) is 4.13. The van der Waals surface area contributed by atoms with E-state index in [-0.39, 0.29) is 5.60 Å². The molecule has 13 heavy (non-hydrogen) atoms. The molecule has 0 saturated carbocycles. The Kier molecular flexibility index (Phi) is 2.65. The number of hydrogen-bond acceptors (Lipinski definition) is 1. The molecule has 0 heterocycles. The van der Waals surface area contributed by atoms with Gasteiger partial charge in [0, 0.05) is 0 Å². The molecule has 0 aliphatic carbocycles. The van der Waals surface area contributed by atoms with Gasteiger partial charge in [-0.2, -0.15) is 0 Å². The second kappa shape index (κ2) is 3.41. The van der Waals surface area contributed by atoms with Crippen LogP contribution in [-0.4, -0.2) is 5.60 Å². The smallest absolute Gasteiger partial charge is 0.123 e.